The highest BCUT2D eigenvalue weighted by Crippen LogP contribution is 2.19. The molecule has 1 heterocycles. The Morgan fingerprint density at radius 2 is 2.04 bits per heavy atom. The minimum Gasteiger partial charge on any atom is -0.483 e. The Hall–Kier alpha value is -2.57. The lowest BCUT2D eigenvalue weighted by Crippen LogP contribution is -2.48. The maximum atomic E-state index is 12.2. The Bertz CT molecular complexity index is 660. The Balaban J connectivity index is 1.80. The van der Waals surface area contributed by atoms with E-state index in [1.807, 2.05) is 32.0 Å². The van der Waals surface area contributed by atoms with Gasteiger partial charge in [-0.25, -0.2) is 0 Å². The number of carbonyl (C=O) groups is 3. The second-order valence-corrected chi connectivity index (χ2v) is 6.19. The van der Waals surface area contributed by atoms with E-state index in [1.54, 1.807) is 7.05 Å². The number of likely N-dealkylation sites (N-methyl/N-ethyl adjacent to an activating group) is 1. The number of hydrogen-bond donors (Lipinski definition) is 2. The van der Waals surface area contributed by atoms with Crippen molar-refractivity contribution < 1.29 is 19.1 Å². The minimum atomic E-state index is -0.444. The Morgan fingerprint density at radius 3 is 2.76 bits per heavy atom. The lowest BCUT2D eigenvalue weighted by atomic mass is 10.1. The summed E-state index contributed by atoms with van der Waals surface area (Å²) in [4.78, 5) is 37.5. The van der Waals surface area contributed by atoms with Gasteiger partial charge in [0.2, 0.25) is 11.8 Å². The van der Waals surface area contributed by atoms with Gasteiger partial charge in [0, 0.05) is 13.6 Å². The van der Waals surface area contributed by atoms with Gasteiger partial charge in [-0.05, 0) is 43.9 Å². The van der Waals surface area contributed by atoms with Gasteiger partial charge in [-0.3, -0.25) is 14.4 Å². The number of amides is 3. The molecule has 0 spiro atoms. The van der Waals surface area contributed by atoms with E-state index < -0.39 is 6.04 Å². The summed E-state index contributed by atoms with van der Waals surface area (Å²) >= 11 is 0. The molecule has 136 valence electrons. The topological polar surface area (TPSA) is 87.7 Å². The van der Waals surface area contributed by atoms with E-state index in [9.17, 15) is 14.4 Å². The van der Waals surface area contributed by atoms with E-state index >= 15 is 0 Å². The van der Waals surface area contributed by atoms with Crippen LogP contribution in [-0.2, 0) is 14.4 Å². The molecule has 1 aromatic rings. The van der Waals surface area contributed by atoms with Gasteiger partial charge < -0.3 is 20.3 Å². The van der Waals surface area contributed by atoms with Crippen LogP contribution in [0.25, 0.3) is 0 Å². The van der Waals surface area contributed by atoms with Crippen molar-refractivity contribution in [3.05, 3.63) is 29.3 Å². The van der Waals surface area contributed by atoms with Gasteiger partial charge in [0.1, 0.15) is 11.8 Å². The number of nitrogens with one attached hydrogen (secondary N) is 2. The molecule has 1 aliphatic rings. The maximum absolute atomic E-state index is 12.2. The van der Waals surface area contributed by atoms with Gasteiger partial charge in [0.25, 0.3) is 5.91 Å². The molecular formula is C18H25N3O4. The van der Waals surface area contributed by atoms with Crippen LogP contribution in [0.5, 0.6) is 5.75 Å². The average Bonchev–Trinajstić information content (AvgIpc) is 3.09. The molecule has 2 N–H and O–H groups in total. The molecule has 2 rings (SSSR count). The smallest absolute Gasteiger partial charge is 0.258 e. The number of aryl methyl sites for hydroxylation is 2. The predicted octanol–water partition coefficient (Wildman–Crippen LogP) is 0.535. The lowest BCUT2D eigenvalue weighted by molar-refractivity contribution is -0.138. The zero-order valence-electron chi connectivity index (χ0n) is 14.9. The van der Waals surface area contributed by atoms with E-state index in [4.69, 9.17) is 4.74 Å². The van der Waals surface area contributed by atoms with Crippen molar-refractivity contribution in [2.24, 2.45) is 0 Å². The summed E-state index contributed by atoms with van der Waals surface area (Å²) in [5.41, 5.74) is 1.99. The van der Waals surface area contributed by atoms with E-state index in [2.05, 4.69) is 10.6 Å². The number of benzene rings is 1. The summed E-state index contributed by atoms with van der Waals surface area (Å²) in [5.74, 6) is -0.146. The van der Waals surface area contributed by atoms with E-state index in [1.165, 1.54) is 4.90 Å². The van der Waals surface area contributed by atoms with Gasteiger partial charge in [0.05, 0.1) is 6.54 Å². The van der Waals surface area contributed by atoms with Gasteiger partial charge >= 0.3 is 0 Å². The minimum absolute atomic E-state index is 0.136. The summed E-state index contributed by atoms with van der Waals surface area (Å²) < 4.78 is 5.51. The van der Waals surface area contributed by atoms with Crippen molar-refractivity contribution in [3.8, 4) is 5.75 Å². The van der Waals surface area contributed by atoms with Crippen LogP contribution in [-0.4, -0.2) is 55.4 Å². The molecule has 1 atom stereocenters. The molecule has 1 fully saturated rings. The van der Waals surface area contributed by atoms with Crippen molar-refractivity contribution in [1.82, 2.24) is 15.5 Å². The quantitative estimate of drug-likeness (QED) is 0.786. The van der Waals surface area contributed by atoms with Crippen LogP contribution < -0.4 is 15.4 Å². The molecule has 7 nitrogen and oxygen atoms in total. The third-order valence-electron chi connectivity index (χ3n) is 4.26. The first-order valence-electron chi connectivity index (χ1n) is 8.40. The SMILES string of the molecule is CNC(=O)[C@H]1CCCN1C(=O)CNC(=O)COc1cc(C)ccc1C. The molecule has 3 amide bonds. The number of nitrogens with zero attached hydrogens (tertiary/aromatic N) is 1. The average molecular weight is 347 g/mol. The first-order chi connectivity index (χ1) is 11.9. The predicted molar refractivity (Wildman–Crippen MR) is 93.2 cm³/mol. The number of carbonyl (C=O) groups excluding carboxylic acids is 3. The number of rotatable bonds is 6. The fraction of sp³-hybridized carbons (Fsp3) is 0.500. The summed E-state index contributed by atoms with van der Waals surface area (Å²) in [7, 11) is 1.55. The first-order valence-corrected chi connectivity index (χ1v) is 8.40. The lowest BCUT2D eigenvalue weighted by Gasteiger charge is -2.23. The molecule has 0 bridgehead atoms. The van der Waals surface area contributed by atoms with Gasteiger partial charge in [-0.1, -0.05) is 12.1 Å². The fourth-order valence-electron chi connectivity index (χ4n) is 2.84. The molecule has 25 heavy (non-hydrogen) atoms. The van der Waals surface area contributed by atoms with Crippen LogP contribution in [0.4, 0.5) is 0 Å². The molecular weight excluding hydrogens is 322 g/mol. The zero-order valence-corrected chi connectivity index (χ0v) is 14.9. The second kappa shape index (κ2) is 8.50. The van der Waals surface area contributed by atoms with Crippen LogP contribution in [0.2, 0.25) is 0 Å². The Morgan fingerprint density at radius 1 is 1.28 bits per heavy atom. The standard InChI is InChI=1S/C18H25N3O4/c1-12-6-7-13(2)15(9-12)25-11-16(22)20-10-17(23)21-8-4-5-14(21)18(24)19-3/h6-7,9,14H,4-5,8,10-11H2,1-3H3,(H,19,24)(H,20,22)/t14-/m1/s1. The molecule has 7 heteroatoms. The number of hydrogen-bond acceptors (Lipinski definition) is 4. The monoisotopic (exact) mass is 347 g/mol. The van der Waals surface area contributed by atoms with Crippen molar-refractivity contribution in [2.45, 2.75) is 32.7 Å². The molecule has 1 aliphatic heterocycles. The van der Waals surface area contributed by atoms with Gasteiger partial charge in [0.15, 0.2) is 6.61 Å². The van der Waals surface area contributed by atoms with E-state index in [0.29, 0.717) is 18.7 Å². The molecule has 0 saturated carbocycles. The molecule has 0 radical (unpaired) electrons. The highest BCUT2D eigenvalue weighted by molar-refractivity contribution is 5.90. The highest BCUT2D eigenvalue weighted by atomic mass is 16.5. The molecule has 0 unspecified atom stereocenters. The van der Waals surface area contributed by atoms with E-state index in [0.717, 1.165) is 17.5 Å². The van der Waals surface area contributed by atoms with Crippen molar-refractivity contribution in [3.63, 3.8) is 0 Å². The third kappa shape index (κ3) is 4.95. The normalized spacial score (nSPS) is 16.4. The Labute approximate surface area is 147 Å². The molecule has 1 aromatic carbocycles. The van der Waals surface area contributed by atoms with Crippen molar-refractivity contribution in [2.75, 3.05) is 26.7 Å². The molecule has 0 aromatic heterocycles. The second-order valence-electron chi connectivity index (χ2n) is 6.19. The summed E-state index contributed by atoms with van der Waals surface area (Å²) in [6.45, 7) is 4.09. The summed E-state index contributed by atoms with van der Waals surface area (Å²) in [6.07, 6.45) is 1.43. The number of ether oxygens (including phenoxy) is 1. The largest absolute Gasteiger partial charge is 0.483 e. The van der Waals surface area contributed by atoms with Crippen molar-refractivity contribution >= 4 is 17.7 Å². The van der Waals surface area contributed by atoms with Crippen LogP contribution in [0.3, 0.4) is 0 Å². The summed E-state index contributed by atoms with van der Waals surface area (Å²) in [6, 6.07) is 5.32. The summed E-state index contributed by atoms with van der Waals surface area (Å²) in [5, 5.41) is 5.12. The fourth-order valence-corrected chi connectivity index (χ4v) is 2.84. The third-order valence-corrected chi connectivity index (χ3v) is 4.26. The van der Waals surface area contributed by atoms with Crippen LogP contribution in [0.1, 0.15) is 24.0 Å². The molecule has 0 aliphatic carbocycles. The Kier molecular flexibility index (Phi) is 6.38. The zero-order chi connectivity index (χ0) is 18.4. The van der Waals surface area contributed by atoms with Crippen LogP contribution in [0.15, 0.2) is 18.2 Å². The maximum Gasteiger partial charge on any atom is 0.258 e. The van der Waals surface area contributed by atoms with Gasteiger partial charge in [-0.15, -0.1) is 0 Å². The van der Waals surface area contributed by atoms with Gasteiger partial charge in [-0.2, -0.15) is 0 Å². The molecule has 1 saturated heterocycles. The van der Waals surface area contributed by atoms with Crippen LogP contribution >= 0.6 is 0 Å². The van der Waals surface area contributed by atoms with Crippen LogP contribution in [0, 0.1) is 13.8 Å². The van der Waals surface area contributed by atoms with E-state index in [-0.39, 0.29) is 30.9 Å². The van der Waals surface area contributed by atoms with Crippen molar-refractivity contribution in [1.29, 1.82) is 0 Å². The number of likely N-dealkylation sites (tertiary alicyclic amines) is 1. The highest BCUT2D eigenvalue weighted by Gasteiger charge is 2.33. The first kappa shape index (κ1) is 18.8.